The number of carbonyl (C=O) groups excluding carboxylic acids is 1. The molecule has 0 atom stereocenters. The van der Waals surface area contributed by atoms with Crippen LogP contribution in [0.3, 0.4) is 0 Å². The van der Waals surface area contributed by atoms with Crippen molar-refractivity contribution in [2.75, 3.05) is 12.9 Å². The summed E-state index contributed by atoms with van der Waals surface area (Å²) in [6.45, 7) is 2.59. The molecule has 37 heavy (non-hydrogen) atoms. The SMILES string of the molecule is CCOc1cc(/C=C2/C(=N)N3C(=NC2=O)SN=C3S(C)(=O)=O)ccc1OCc1cccc2ccccc12. The zero-order chi connectivity index (χ0) is 26.2. The molecule has 2 aliphatic rings. The number of fused-ring (bicyclic) bond motifs is 2. The van der Waals surface area contributed by atoms with Crippen molar-refractivity contribution in [3.05, 3.63) is 77.4 Å². The molecule has 3 aromatic rings. The fourth-order valence-corrected chi connectivity index (χ4v) is 5.83. The number of benzene rings is 3. The molecule has 0 saturated carbocycles. The molecular formula is C26H22N4O5S2. The van der Waals surface area contributed by atoms with Crippen LogP contribution in [0.15, 0.2) is 75.6 Å². The number of aliphatic imine (C=N–C) groups is 1. The van der Waals surface area contributed by atoms with Gasteiger partial charge in [0.15, 0.2) is 11.5 Å². The van der Waals surface area contributed by atoms with Crippen LogP contribution in [0, 0.1) is 5.41 Å². The molecule has 1 N–H and O–H groups in total. The van der Waals surface area contributed by atoms with Crippen molar-refractivity contribution in [1.82, 2.24) is 4.90 Å². The van der Waals surface area contributed by atoms with Gasteiger partial charge >= 0.3 is 0 Å². The third-order valence-electron chi connectivity index (χ3n) is 5.67. The standard InChI is InChI=1S/C26H22N4O5S2/c1-3-34-22-14-16(11-12-21(22)35-15-18-9-6-8-17-7-4-5-10-19(17)18)13-20-23(27)30-25(28-24(20)31)36-29-26(30)37(2,32)33/h4-14,27H,3,15H2,1-2H3/b20-13-,27-23?. The van der Waals surface area contributed by atoms with Crippen LogP contribution in [0.4, 0.5) is 0 Å². The third-order valence-corrected chi connectivity index (χ3v) is 7.42. The first-order chi connectivity index (χ1) is 17.8. The molecule has 0 fully saturated rings. The number of amides is 1. The van der Waals surface area contributed by atoms with Crippen molar-refractivity contribution in [2.24, 2.45) is 9.39 Å². The summed E-state index contributed by atoms with van der Waals surface area (Å²) >= 11 is 0.752. The van der Waals surface area contributed by atoms with Crippen molar-refractivity contribution in [2.45, 2.75) is 13.5 Å². The smallest absolute Gasteiger partial charge is 0.283 e. The molecular weight excluding hydrogens is 512 g/mol. The molecule has 2 heterocycles. The van der Waals surface area contributed by atoms with E-state index in [-0.39, 0.29) is 21.7 Å². The summed E-state index contributed by atoms with van der Waals surface area (Å²) < 4.78 is 40.0. The van der Waals surface area contributed by atoms with Crippen LogP contribution < -0.4 is 9.47 Å². The Morgan fingerprint density at radius 1 is 1.05 bits per heavy atom. The summed E-state index contributed by atoms with van der Waals surface area (Å²) in [6.07, 6.45) is 2.47. The highest BCUT2D eigenvalue weighted by Crippen LogP contribution is 2.33. The van der Waals surface area contributed by atoms with Crippen LogP contribution in [-0.2, 0) is 21.2 Å². The van der Waals surface area contributed by atoms with E-state index in [0.29, 0.717) is 30.3 Å². The summed E-state index contributed by atoms with van der Waals surface area (Å²) in [5.74, 6) is 0.0530. The number of ether oxygens (including phenoxy) is 2. The van der Waals surface area contributed by atoms with Gasteiger partial charge in [-0.05, 0) is 47.0 Å². The fraction of sp³-hybridized carbons (Fsp3) is 0.154. The zero-order valence-electron chi connectivity index (χ0n) is 20.0. The third kappa shape index (κ3) is 4.87. The van der Waals surface area contributed by atoms with Crippen LogP contribution in [0.5, 0.6) is 11.5 Å². The minimum atomic E-state index is -3.72. The van der Waals surface area contributed by atoms with E-state index < -0.39 is 15.7 Å². The van der Waals surface area contributed by atoms with Crippen molar-refractivity contribution in [1.29, 1.82) is 5.41 Å². The number of carbonyl (C=O) groups is 1. The number of sulfone groups is 1. The first-order valence-electron chi connectivity index (χ1n) is 11.3. The van der Waals surface area contributed by atoms with Crippen LogP contribution >= 0.6 is 11.9 Å². The van der Waals surface area contributed by atoms with E-state index in [1.165, 1.54) is 6.08 Å². The number of rotatable bonds is 6. The maximum atomic E-state index is 12.7. The van der Waals surface area contributed by atoms with Gasteiger partial charge in [-0.25, -0.2) is 13.3 Å². The van der Waals surface area contributed by atoms with Gasteiger partial charge in [-0.15, -0.1) is 0 Å². The molecule has 1 amide bonds. The van der Waals surface area contributed by atoms with Gasteiger partial charge < -0.3 is 9.47 Å². The molecule has 0 radical (unpaired) electrons. The first-order valence-corrected chi connectivity index (χ1v) is 14.0. The van der Waals surface area contributed by atoms with Gasteiger partial charge in [-0.2, -0.15) is 9.39 Å². The predicted molar refractivity (Wildman–Crippen MR) is 146 cm³/mol. The molecule has 5 rings (SSSR count). The quantitative estimate of drug-likeness (QED) is 0.367. The lowest BCUT2D eigenvalue weighted by Crippen LogP contribution is -2.45. The minimum absolute atomic E-state index is 0.0414. The molecule has 0 aromatic heterocycles. The van der Waals surface area contributed by atoms with Gasteiger partial charge in [0.1, 0.15) is 12.4 Å². The lowest BCUT2D eigenvalue weighted by molar-refractivity contribution is -0.114. The van der Waals surface area contributed by atoms with Crippen molar-refractivity contribution in [3.8, 4) is 11.5 Å². The van der Waals surface area contributed by atoms with Gasteiger partial charge in [0.25, 0.3) is 5.91 Å². The van der Waals surface area contributed by atoms with E-state index in [2.05, 4.69) is 27.6 Å². The molecule has 0 saturated heterocycles. The predicted octanol–water partition coefficient (Wildman–Crippen LogP) is 4.44. The highest BCUT2D eigenvalue weighted by Gasteiger charge is 2.41. The highest BCUT2D eigenvalue weighted by molar-refractivity contribution is 8.16. The van der Waals surface area contributed by atoms with Gasteiger partial charge in [0.05, 0.1) is 24.1 Å². The van der Waals surface area contributed by atoms with Crippen LogP contribution in [0.25, 0.3) is 16.8 Å². The van der Waals surface area contributed by atoms with E-state index in [0.717, 1.165) is 39.4 Å². The van der Waals surface area contributed by atoms with E-state index in [1.807, 2.05) is 31.2 Å². The van der Waals surface area contributed by atoms with Crippen LogP contribution in [0.2, 0.25) is 0 Å². The van der Waals surface area contributed by atoms with Crippen LogP contribution in [-0.4, -0.2) is 48.3 Å². The Labute approximate surface area is 218 Å². The van der Waals surface area contributed by atoms with Crippen molar-refractivity contribution >= 4 is 60.7 Å². The molecule has 188 valence electrons. The lowest BCUT2D eigenvalue weighted by Gasteiger charge is -2.23. The highest BCUT2D eigenvalue weighted by atomic mass is 32.2. The minimum Gasteiger partial charge on any atom is -0.490 e. The topological polar surface area (TPSA) is 121 Å². The van der Waals surface area contributed by atoms with Gasteiger partial charge in [-0.1, -0.05) is 48.5 Å². The maximum absolute atomic E-state index is 12.7. The molecule has 0 spiro atoms. The Morgan fingerprint density at radius 2 is 1.84 bits per heavy atom. The monoisotopic (exact) mass is 534 g/mol. The van der Waals surface area contributed by atoms with E-state index in [4.69, 9.17) is 14.9 Å². The first kappa shape index (κ1) is 24.7. The number of amidine groups is 3. The summed E-state index contributed by atoms with van der Waals surface area (Å²) in [4.78, 5) is 17.6. The normalized spacial score (nSPS) is 16.6. The van der Waals surface area contributed by atoms with E-state index >= 15 is 0 Å². The molecule has 2 aliphatic heterocycles. The second-order valence-corrected chi connectivity index (χ2v) is 10.9. The Bertz CT molecular complexity index is 1640. The summed E-state index contributed by atoms with van der Waals surface area (Å²) in [6, 6.07) is 19.3. The molecule has 0 aliphatic carbocycles. The molecule has 0 unspecified atom stereocenters. The number of nitrogens with zero attached hydrogens (tertiary/aromatic N) is 3. The molecule has 3 aromatic carbocycles. The Morgan fingerprint density at radius 3 is 2.62 bits per heavy atom. The second kappa shape index (κ2) is 9.83. The Kier molecular flexibility index (Phi) is 6.57. The second-order valence-electron chi connectivity index (χ2n) is 8.25. The number of hydrogen-bond donors (Lipinski definition) is 1. The van der Waals surface area contributed by atoms with Crippen molar-refractivity contribution in [3.63, 3.8) is 0 Å². The summed E-state index contributed by atoms with van der Waals surface area (Å²) in [5, 5.41) is 10.5. The van der Waals surface area contributed by atoms with E-state index in [9.17, 15) is 13.2 Å². The molecule has 11 heteroatoms. The largest absolute Gasteiger partial charge is 0.490 e. The summed E-state index contributed by atoms with van der Waals surface area (Å²) in [7, 11) is -3.72. The number of nitrogens with one attached hydrogen (secondary N) is 1. The Hall–Kier alpha value is -3.96. The van der Waals surface area contributed by atoms with E-state index in [1.54, 1.807) is 18.2 Å². The average Bonchev–Trinajstić information content (AvgIpc) is 3.31. The molecule has 9 nitrogen and oxygen atoms in total. The zero-order valence-corrected chi connectivity index (χ0v) is 21.6. The van der Waals surface area contributed by atoms with Crippen molar-refractivity contribution < 1.29 is 22.7 Å². The van der Waals surface area contributed by atoms with Gasteiger partial charge in [-0.3, -0.25) is 10.2 Å². The lowest BCUT2D eigenvalue weighted by atomic mass is 10.1. The van der Waals surface area contributed by atoms with Gasteiger partial charge in [0, 0.05) is 6.26 Å². The Balaban J connectivity index is 1.43. The maximum Gasteiger partial charge on any atom is 0.283 e. The van der Waals surface area contributed by atoms with Gasteiger partial charge in [0.2, 0.25) is 20.2 Å². The summed E-state index contributed by atoms with van der Waals surface area (Å²) in [5.41, 5.74) is 1.54. The fourth-order valence-electron chi connectivity index (χ4n) is 3.98. The van der Waals surface area contributed by atoms with Crippen LogP contribution in [0.1, 0.15) is 18.1 Å². The average molecular weight is 535 g/mol. The molecule has 0 bridgehead atoms. The number of hydrogen-bond acceptors (Lipinski definition) is 8.